The van der Waals surface area contributed by atoms with E-state index in [9.17, 15) is 0 Å². The molecule has 6 nitrogen and oxygen atoms in total. The zero-order valence-corrected chi connectivity index (χ0v) is 18.5. The largest absolute Gasteiger partial charge is 0.497 e. The fourth-order valence-corrected chi connectivity index (χ4v) is 4.79. The van der Waals surface area contributed by atoms with Gasteiger partial charge in [-0.15, -0.1) is 11.3 Å². The topological polar surface area (TPSA) is 55.2 Å². The van der Waals surface area contributed by atoms with Crippen LogP contribution in [0.4, 0.5) is 5.95 Å². The van der Waals surface area contributed by atoms with Gasteiger partial charge in [0.05, 0.1) is 35.9 Å². The first-order valence-corrected chi connectivity index (χ1v) is 11.7. The number of aromatic nitrogens is 3. The molecule has 1 aliphatic heterocycles. The highest BCUT2D eigenvalue weighted by molar-refractivity contribution is 7.07. The molecule has 1 unspecified atom stereocenters. The van der Waals surface area contributed by atoms with Crippen molar-refractivity contribution < 1.29 is 4.74 Å². The maximum atomic E-state index is 5.25. The molecule has 1 aliphatic rings. The van der Waals surface area contributed by atoms with Gasteiger partial charge in [0.1, 0.15) is 5.75 Å². The lowest BCUT2D eigenvalue weighted by Gasteiger charge is -2.18. The third-order valence-electron chi connectivity index (χ3n) is 5.94. The molecule has 0 saturated carbocycles. The zero-order chi connectivity index (χ0) is 21.0. The van der Waals surface area contributed by atoms with Crippen molar-refractivity contribution in [1.82, 2.24) is 19.4 Å². The van der Waals surface area contributed by atoms with E-state index in [4.69, 9.17) is 9.72 Å². The SMILES string of the molecule is COc1ccc(CCN2CCC(Nc3nc4ccccc4n3Cc3cscn3)C2)cc1. The first-order valence-electron chi connectivity index (χ1n) is 10.7. The van der Waals surface area contributed by atoms with Crippen LogP contribution < -0.4 is 10.1 Å². The van der Waals surface area contributed by atoms with Crippen molar-refractivity contribution in [3.05, 3.63) is 70.7 Å². The molecular formula is C24H27N5OS. The monoisotopic (exact) mass is 433 g/mol. The molecule has 1 N–H and O–H groups in total. The molecule has 1 fully saturated rings. The molecule has 7 heteroatoms. The number of thiazole rings is 1. The number of benzene rings is 2. The Bertz CT molecular complexity index is 1120. The Hall–Kier alpha value is -2.90. The number of anilines is 1. The van der Waals surface area contributed by atoms with E-state index in [0.717, 1.165) is 67.4 Å². The lowest BCUT2D eigenvalue weighted by atomic mass is 10.1. The lowest BCUT2D eigenvalue weighted by Crippen LogP contribution is -2.28. The quantitative estimate of drug-likeness (QED) is 0.450. The van der Waals surface area contributed by atoms with Gasteiger partial charge in [0.25, 0.3) is 0 Å². The van der Waals surface area contributed by atoms with Crippen LogP contribution in [0.3, 0.4) is 0 Å². The maximum Gasteiger partial charge on any atom is 0.204 e. The summed E-state index contributed by atoms with van der Waals surface area (Å²) in [5.41, 5.74) is 6.48. The van der Waals surface area contributed by atoms with Crippen LogP contribution >= 0.6 is 11.3 Å². The number of ether oxygens (including phenoxy) is 1. The number of likely N-dealkylation sites (tertiary alicyclic amines) is 1. The molecule has 0 spiro atoms. The summed E-state index contributed by atoms with van der Waals surface area (Å²) in [7, 11) is 1.71. The average molecular weight is 434 g/mol. The van der Waals surface area contributed by atoms with E-state index in [1.165, 1.54) is 5.56 Å². The minimum atomic E-state index is 0.405. The summed E-state index contributed by atoms with van der Waals surface area (Å²) in [6, 6.07) is 17.1. The molecule has 31 heavy (non-hydrogen) atoms. The second-order valence-electron chi connectivity index (χ2n) is 8.02. The summed E-state index contributed by atoms with van der Waals surface area (Å²) in [5.74, 6) is 1.85. The summed E-state index contributed by atoms with van der Waals surface area (Å²) < 4.78 is 7.51. The van der Waals surface area contributed by atoms with Crippen LogP contribution in [0.25, 0.3) is 11.0 Å². The second-order valence-corrected chi connectivity index (χ2v) is 8.74. The van der Waals surface area contributed by atoms with Gasteiger partial charge in [-0.05, 0) is 42.7 Å². The van der Waals surface area contributed by atoms with Crippen LogP contribution in [-0.4, -0.2) is 52.2 Å². The van der Waals surface area contributed by atoms with Crippen LogP contribution in [0.5, 0.6) is 5.75 Å². The minimum Gasteiger partial charge on any atom is -0.497 e. The van der Waals surface area contributed by atoms with Gasteiger partial charge in [0, 0.05) is 31.1 Å². The van der Waals surface area contributed by atoms with Gasteiger partial charge in [-0.25, -0.2) is 9.97 Å². The van der Waals surface area contributed by atoms with Gasteiger partial charge in [-0.2, -0.15) is 0 Å². The summed E-state index contributed by atoms with van der Waals surface area (Å²) in [6.07, 6.45) is 2.18. The lowest BCUT2D eigenvalue weighted by molar-refractivity contribution is 0.340. The van der Waals surface area contributed by atoms with Crippen molar-refractivity contribution in [2.24, 2.45) is 0 Å². The number of nitrogens with zero attached hydrogens (tertiary/aromatic N) is 4. The van der Waals surface area contributed by atoms with Gasteiger partial charge < -0.3 is 19.5 Å². The molecule has 3 heterocycles. The Morgan fingerprint density at radius 3 is 2.84 bits per heavy atom. The molecule has 0 amide bonds. The van der Waals surface area contributed by atoms with Crippen molar-refractivity contribution in [2.75, 3.05) is 32.1 Å². The fraction of sp³-hybridized carbons (Fsp3) is 0.333. The van der Waals surface area contributed by atoms with Gasteiger partial charge >= 0.3 is 0 Å². The minimum absolute atomic E-state index is 0.405. The Labute approximate surface area is 186 Å². The summed E-state index contributed by atoms with van der Waals surface area (Å²) in [5, 5.41) is 5.83. The average Bonchev–Trinajstić information content (AvgIpc) is 3.55. The van der Waals surface area contributed by atoms with Gasteiger partial charge in [-0.1, -0.05) is 24.3 Å². The molecular weight excluding hydrogens is 406 g/mol. The fourth-order valence-electron chi connectivity index (χ4n) is 4.24. The van der Waals surface area contributed by atoms with E-state index in [1.807, 2.05) is 23.7 Å². The molecule has 2 aromatic heterocycles. The third-order valence-corrected chi connectivity index (χ3v) is 6.57. The number of imidazole rings is 1. The van der Waals surface area contributed by atoms with Crippen molar-refractivity contribution >= 4 is 28.3 Å². The van der Waals surface area contributed by atoms with Crippen LogP contribution in [0.15, 0.2) is 59.4 Å². The molecule has 1 atom stereocenters. The predicted molar refractivity (Wildman–Crippen MR) is 126 cm³/mol. The molecule has 0 radical (unpaired) electrons. The van der Waals surface area contributed by atoms with Crippen LogP contribution in [0.1, 0.15) is 17.7 Å². The van der Waals surface area contributed by atoms with Crippen LogP contribution in [0, 0.1) is 0 Å². The van der Waals surface area contributed by atoms with E-state index in [-0.39, 0.29) is 0 Å². The number of rotatable bonds is 8. The van der Waals surface area contributed by atoms with E-state index in [1.54, 1.807) is 18.4 Å². The molecule has 0 bridgehead atoms. The smallest absolute Gasteiger partial charge is 0.204 e. The number of hydrogen-bond acceptors (Lipinski definition) is 6. The van der Waals surface area contributed by atoms with Crippen molar-refractivity contribution in [1.29, 1.82) is 0 Å². The molecule has 5 rings (SSSR count). The van der Waals surface area contributed by atoms with E-state index in [2.05, 4.69) is 55.5 Å². The van der Waals surface area contributed by atoms with Crippen molar-refractivity contribution in [3.63, 3.8) is 0 Å². The Balaban J connectivity index is 1.24. The number of para-hydroxylation sites is 2. The van der Waals surface area contributed by atoms with E-state index >= 15 is 0 Å². The van der Waals surface area contributed by atoms with Gasteiger partial charge in [0.15, 0.2) is 0 Å². The molecule has 160 valence electrons. The highest BCUT2D eigenvalue weighted by Gasteiger charge is 2.24. The second kappa shape index (κ2) is 9.08. The van der Waals surface area contributed by atoms with Crippen molar-refractivity contribution in [3.8, 4) is 5.75 Å². The summed E-state index contributed by atoms with van der Waals surface area (Å²) in [4.78, 5) is 11.9. The first-order chi connectivity index (χ1) is 15.3. The number of methoxy groups -OCH3 is 1. The summed E-state index contributed by atoms with van der Waals surface area (Å²) >= 11 is 1.63. The molecule has 1 saturated heterocycles. The maximum absolute atomic E-state index is 5.25. The number of nitrogens with one attached hydrogen (secondary N) is 1. The molecule has 0 aliphatic carbocycles. The highest BCUT2D eigenvalue weighted by Crippen LogP contribution is 2.24. The van der Waals surface area contributed by atoms with Crippen molar-refractivity contribution in [2.45, 2.75) is 25.4 Å². The standard InChI is InChI=1S/C24H27N5OS/c1-30-21-8-6-18(7-9-21)10-12-28-13-11-19(14-28)26-24-27-22-4-2-3-5-23(22)29(24)15-20-16-31-17-25-20/h2-9,16-17,19H,10-15H2,1H3,(H,26,27). The predicted octanol–water partition coefficient (Wildman–Crippen LogP) is 4.28. The normalized spacial score (nSPS) is 16.7. The first kappa shape index (κ1) is 20.0. The van der Waals surface area contributed by atoms with Crippen LogP contribution in [-0.2, 0) is 13.0 Å². The summed E-state index contributed by atoms with van der Waals surface area (Å²) in [6.45, 7) is 3.95. The third kappa shape index (κ3) is 4.57. The highest BCUT2D eigenvalue weighted by atomic mass is 32.1. The Kier molecular flexibility index (Phi) is 5.86. The Morgan fingerprint density at radius 2 is 2.03 bits per heavy atom. The van der Waals surface area contributed by atoms with Gasteiger partial charge in [-0.3, -0.25) is 0 Å². The zero-order valence-electron chi connectivity index (χ0n) is 17.7. The Morgan fingerprint density at radius 1 is 1.16 bits per heavy atom. The molecule has 4 aromatic rings. The van der Waals surface area contributed by atoms with E-state index < -0.39 is 0 Å². The van der Waals surface area contributed by atoms with Gasteiger partial charge in [0.2, 0.25) is 5.95 Å². The molecule has 2 aromatic carbocycles. The number of fused-ring (bicyclic) bond motifs is 1. The van der Waals surface area contributed by atoms with Crippen LogP contribution in [0.2, 0.25) is 0 Å². The van der Waals surface area contributed by atoms with E-state index in [0.29, 0.717) is 6.04 Å². The number of hydrogen-bond donors (Lipinski definition) is 1.